The maximum absolute atomic E-state index is 12.0. The van der Waals surface area contributed by atoms with Crippen molar-refractivity contribution in [3.63, 3.8) is 0 Å². The number of carbonyl (C=O) groups is 1. The predicted molar refractivity (Wildman–Crippen MR) is 90.7 cm³/mol. The summed E-state index contributed by atoms with van der Waals surface area (Å²) in [5.41, 5.74) is 1.89. The molecule has 0 aliphatic rings. The van der Waals surface area contributed by atoms with Gasteiger partial charge in [-0.2, -0.15) is 0 Å². The van der Waals surface area contributed by atoms with Crippen LogP contribution in [0.15, 0.2) is 48.5 Å². The van der Waals surface area contributed by atoms with Crippen LogP contribution in [-0.4, -0.2) is 6.03 Å². The van der Waals surface area contributed by atoms with Crippen molar-refractivity contribution in [3.8, 4) is 0 Å². The number of amides is 2. The first-order valence-electron chi connectivity index (χ1n) is 6.45. The van der Waals surface area contributed by atoms with Crippen molar-refractivity contribution in [2.24, 2.45) is 0 Å². The lowest BCUT2D eigenvalue weighted by Crippen LogP contribution is -2.18. The highest BCUT2D eigenvalue weighted by Crippen LogP contribution is 2.39. The van der Waals surface area contributed by atoms with E-state index in [-0.39, 0.29) is 6.03 Å². The molecule has 3 rings (SSSR count). The van der Waals surface area contributed by atoms with Crippen LogP contribution in [0.2, 0.25) is 5.02 Å². The largest absolute Gasteiger partial charge is 0.324 e. The maximum atomic E-state index is 12.0. The van der Waals surface area contributed by atoms with Gasteiger partial charge in [0.15, 0.2) is 0 Å². The molecule has 0 saturated heterocycles. The van der Waals surface area contributed by atoms with Crippen LogP contribution in [0.25, 0.3) is 10.1 Å². The maximum Gasteiger partial charge on any atom is 0.324 e. The number of hydrogen-bond acceptors (Lipinski definition) is 2. The van der Waals surface area contributed by atoms with Gasteiger partial charge in [0.25, 0.3) is 0 Å². The van der Waals surface area contributed by atoms with Crippen molar-refractivity contribution in [2.45, 2.75) is 6.92 Å². The first kappa shape index (κ1) is 13.9. The van der Waals surface area contributed by atoms with Crippen LogP contribution < -0.4 is 10.6 Å². The molecule has 0 saturated carbocycles. The van der Waals surface area contributed by atoms with Gasteiger partial charge in [0.05, 0.1) is 5.02 Å². The van der Waals surface area contributed by atoms with Crippen molar-refractivity contribution in [2.75, 3.05) is 10.6 Å². The molecule has 3 aromatic rings. The number of thiophene rings is 1. The number of fused-ring (bicyclic) bond motifs is 1. The Labute approximate surface area is 131 Å². The second-order valence-corrected chi connectivity index (χ2v) is 6.12. The highest BCUT2D eigenvalue weighted by atomic mass is 35.5. The zero-order valence-electron chi connectivity index (χ0n) is 11.3. The van der Waals surface area contributed by atoms with Crippen molar-refractivity contribution in [3.05, 3.63) is 59.1 Å². The average Bonchev–Trinajstić information content (AvgIpc) is 2.78. The van der Waals surface area contributed by atoms with E-state index in [0.29, 0.717) is 10.0 Å². The zero-order valence-corrected chi connectivity index (χ0v) is 12.9. The van der Waals surface area contributed by atoms with Crippen molar-refractivity contribution in [1.29, 1.82) is 0 Å². The quantitative estimate of drug-likeness (QED) is 0.643. The lowest BCUT2D eigenvalue weighted by atomic mass is 10.2. The third-order valence-corrected chi connectivity index (χ3v) is 4.66. The summed E-state index contributed by atoms with van der Waals surface area (Å²) in [6.45, 7) is 2.00. The summed E-state index contributed by atoms with van der Waals surface area (Å²) in [5, 5.41) is 7.77. The van der Waals surface area contributed by atoms with Crippen LogP contribution in [0, 0.1) is 6.92 Å². The first-order chi connectivity index (χ1) is 10.1. The molecule has 0 spiro atoms. The highest BCUT2D eigenvalue weighted by Gasteiger charge is 2.12. The number of rotatable bonds is 2. The molecule has 0 aliphatic heterocycles. The summed E-state index contributed by atoms with van der Waals surface area (Å²) in [6, 6.07) is 15.1. The summed E-state index contributed by atoms with van der Waals surface area (Å²) >= 11 is 7.75. The Morgan fingerprint density at radius 3 is 2.48 bits per heavy atom. The van der Waals surface area contributed by atoms with Gasteiger partial charge in [-0.3, -0.25) is 5.32 Å². The first-order valence-corrected chi connectivity index (χ1v) is 7.64. The van der Waals surface area contributed by atoms with Gasteiger partial charge < -0.3 is 5.32 Å². The van der Waals surface area contributed by atoms with Crippen molar-refractivity contribution < 1.29 is 4.79 Å². The van der Waals surface area contributed by atoms with Crippen LogP contribution >= 0.6 is 22.9 Å². The standard InChI is InChI=1S/C16H13ClN2OS/c1-10-6-8-11(9-7-10)18-16(20)19-15-14(17)12-4-2-3-5-13(12)21-15/h2-9H,1H3,(H2,18,19,20). The van der Waals surface area contributed by atoms with Gasteiger partial charge in [-0.15, -0.1) is 11.3 Å². The number of hydrogen-bond donors (Lipinski definition) is 2. The number of aryl methyl sites for hydroxylation is 1. The average molecular weight is 317 g/mol. The molecule has 0 radical (unpaired) electrons. The van der Waals surface area contributed by atoms with E-state index in [0.717, 1.165) is 21.3 Å². The van der Waals surface area contributed by atoms with Crippen molar-refractivity contribution in [1.82, 2.24) is 0 Å². The van der Waals surface area contributed by atoms with E-state index in [9.17, 15) is 4.79 Å². The number of halogens is 1. The molecular formula is C16H13ClN2OS. The fraction of sp³-hybridized carbons (Fsp3) is 0.0625. The number of urea groups is 1. The molecule has 21 heavy (non-hydrogen) atoms. The summed E-state index contributed by atoms with van der Waals surface area (Å²) in [7, 11) is 0. The molecule has 106 valence electrons. The molecule has 3 nitrogen and oxygen atoms in total. The van der Waals surface area contributed by atoms with Crippen LogP contribution in [0.3, 0.4) is 0 Å². The molecule has 5 heteroatoms. The lowest BCUT2D eigenvalue weighted by Gasteiger charge is -2.06. The smallest absolute Gasteiger partial charge is 0.308 e. The Bertz CT molecular complexity index is 796. The van der Waals surface area contributed by atoms with E-state index in [2.05, 4.69) is 10.6 Å². The summed E-state index contributed by atoms with van der Waals surface area (Å²) in [5.74, 6) is 0. The fourth-order valence-electron chi connectivity index (χ4n) is 2.00. The molecule has 0 atom stereocenters. The Morgan fingerprint density at radius 2 is 1.76 bits per heavy atom. The number of anilines is 2. The van der Waals surface area contributed by atoms with E-state index in [1.165, 1.54) is 11.3 Å². The van der Waals surface area contributed by atoms with E-state index in [1.54, 1.807) is 0 Å². The Morgan fingerprint density at radius 1 is 1.05 bits per heavy atom. The zero-order chi connectivity index (χ0) is 14.8. The Hall–Kier alpha value is -2.04. The minimum atomic E-state index is -0.299. The minimum Gasteiger partial charge on any atom is -0.308 e. The third kappa shape index (κ3) is 3.01. The molecule has 2 amide bonds. The SMILES string of the molecule is Cc1ccc(NC(=O)Nc2sc3ccccc3c2Cl)cc1. The van der Waals surface area contributed by atoms with Gasteiger partial charge in [0.1, 0.15) is 5.00 Å². The van der Waals surface area contributed by atoms with E-state index in [1.807, 2.05) is 55.5 Å². The Kier molecular flexibility index (Phi) is 3.82. The van der Waals surface area contributed by atoms with Gasteiger partial charge in [0.2, 0.25) is 0 Å². The van der Waals surface area contributed by atoms with Gasteiger partial charge >= 0.3 is 6.03 Å². The molecule has 2 aromatic carbocycles. The number of benzene rings is 2. The van der Waals surface area contributed by atoms with E-state index >= 15 is 0 Å². The summed E-state index contributed by atoms with van der Waals surface area (Å²) in [4.78, 5) is 12.0. The molecule has 1 aromatic heterocycles. The van der Waals surface area contributed by atoms with Crippen LogP contribution in [0.1, 0.15) is 5.56 Å². The fourth-order valence-corrected chi connectivity index (χ4v) is 3.37. The molecule has 1 heterocycles. The molecule has 2 N–H and O–H groups in total. The second kappa shape index (κ2) is 5.76. The van der Waals surface area contributed by atoms with E-state index < -0.39 is 0 Å². The molecule has 0 unspecified atom stereocenters. The van der Waals surface area contributed by atoms with Crippen LogP contribution in [0.5, 0.6) is 0 Å². The minimum absolute atomic E-state index is 0.299. The van der Waals surface area contributed by atoms with Gasteiger partial charge in [-0.25, -0.2) is 4.79 Å². The molecular weight excluding hydrogens is 304 g/mol. The number of nitrogens with one attached hydrogen (secondary N) is 2. The number of carbonyl (C=O) groups excluding carboxylic acids is 1. The van der Waals surface area contributed by atoms with Crippen LogP contribution in [-0.2, 0) is 0 Å². The highest BCUT2D eigenvalue weighted by molar-refractivity contribution is 7.23. The van der Waals surface area contributed by atoms with Crippen LogP contribution in [0.4, 0.5) is 15.5 Å². The predicted octanol–water partition coefficient (Wildman–Crippen LogP) is 5.51. The van der Waals surface area contributed by atoms with Crippen molar-refractivity contribution >= 4 is 49.7 Å². The summed E-state index contributed by atoms with van der Waals surface area (Å²) in [6.07, 6.45) is 0. The molecule has 0 fully saturated rings. The summed E-state index contributed by atoms with van der Waals surface area (Å²) < 4.78 is 1.05. The van der Waals surface area contributed by atoms with Gasteiger partial charge in [0, 0.05) is 15.8 Å². The van der Waals surface area contributed by atoms with Gasteiger partial charge in [-0.1, -0.05) is 47.5 Å². The lowest BCUT2D eigenvalue weighted by molar-refractivity contribution is 0.262. The van der Waals surface area contributed by atoms with E-state index in [4.69, 9.17) is 11.6 Å². The monoisotopic (exact) mass is 316 g/mol. The second-order valence-electron chi connectivity index (χ2n) is 4.69. The molecule has 0 aliphatic carbocycles. The topological polar surface area (TPSA) is 41.1 Å². The third-order valence-electron chi connectivity index (χ3n) is 3.07. The van der Waals surface area contributed by atoms with Gasteiger partial charge in [-0.05, 0) is 25.1 Å². The molecule has 0 bridgehead atoms. The normalized spacial score (nSPS) is 10.6. The Balaban J connectivity index is 1.77.